The number of aromatic hydroxyl groups is 1. The largest absolute Gasteiger partial charge is 0.507 e. The summed E-state index contributed by atoms with van der Waals surface area (Å²) in [5.74, 6) is 1.01. The molecule has 184 valence electrons. The van der Waals surface area contributed by atoms with Crippen LogP contribution in [0.5, 0.6) is 11.5 Å². The van der Waals surface area contributed by atoms with Gasteiger partial charge in [0.05, 0.1) is 5.56 Å². The molecule has 0 aliphatic heterocycles. The molecule has 0 fully saturated rings. The summed E-state index contributed by atoms with van der Waals surface area (Å²) in [5, 5.41) is 35.8. The highest BCUT2D eigenvalue weighted by Crippen LogP contribution is 2.40. The van der Waals surface area contributed by atoms with Crippen LogP contribution in [-0.4, -0.2) is 37.1 Å². The molecule has 8 heteroatoms. The van der Waals surface area contributed by atoms with Crippen LogP contribution in [0.15, 0.2) is 91.0 Å². The van der Waals surface area contributed by atoms with E-state index in [-0.39, 0.29) is 18.8 Å². The molecule has 1 unspecified atom stereocenters. The number of rotatable bonds is 9. The van der Waals surface area contributed by atoms with Crippen molar-refractivity contribution in [3.8, 4) is 34.0 Å². The van der Waals surface area contributed by atoms with E-state index in [4.69, 9.17) is 4.74 Å². The molecule has 5 aromatic rings. The van der Waals surface area contributed by atoms with Gasteiger partial charge in [0.2, 0.25) is 5.82 Å². The number of aromatic nitrogens is 4. The first-order chi connectivity index (χ1) is 18.1. The number of aromatic amines is 1. The molecule has 1 aromatic heterocycles. The summed E-state index contributed by atoms with van der Waals surface area (Å²) >= 11 is 0. The maximum Gasteiger partial charge on any atom is 0.204 e. The average Bonchev–Trinajstić information content (AvgIpc) is 3.49. The highest BCUT2D eigenvalue weighted by Gasteiger charge is 2.17. The van der Waals surface area contributed by atoms with Gasteiger partial charge >= 0.3 is 0 Å². The van der Waals surface area contributed by atoms with Crippen LogP contribution in [0.25, 0.3) is 22.5 Å². The summed E-state index contributed by atoms with van der Waals surface area (Å²) in [7, 11) is 0. The molecular formula is C29H24N4O4. The maximum absolute atomic E-state index is 11.0. The van der Waals surface area contributed by atoms with Gasteiger partial charge in [0.15, 0.2) is 0 Å². The Labute approximate surface area is 213 Å². The lowest BCUT2D eigenvalue weighted by molar-refractivity contribution is -0.107. The normalized spacial score (nSPS) is 11.7. The number of benzene rings is 4. The van der Waals surface area contributed by atoms with Crippen molar-refractivity contribution in [1.29, 1.82) is 0 Å². The Kier molecular flexibility index (Phi) is 7.00. The van der Waals surface area contributed by atoms with Gasteiger partial charge in [-0.05, 0) is 39.6 Å². The molecule has 0 spiro atoms. The molecule has 8 nitrogen and oxygen atoms in total. The van der Waals surface area contributed by atoms with E-state index in [0.29, 0.717) is 28.3 Å². The molecule has 3 N–H and O–H groups in total. The first kappa shape index (κ1) is 23.9. The fourth-order valence-electron chi connectivity index (χ4n) is 4.16. The summed E-state index contributed by atoms with van der Waals surface area (Å²) in [6, 6.07) is 27.8. The predicted molar refractivity (Wildman–Crippen MR) is 138 cm³/mol. The van der Waals surface area contributed by atoms with Gasteiger partial charge in [-0.25, -0.2) is 0 Å². The lowest BCUT2D eigenvalue weighted by Crippen LogP contribution is -2.02. The maximum atomic E-state index is 11.0. The van der Waals surface area contributed by atoms with E-state index in [1.165, 1.54) is 0 Å². The number of H-pyrrole nitrogens is 1. The summed E-state index contributed by atoms with van der Waals surface area (Å²) in [6.07, 6.45) is 0.0593. The third-order valence-electron chi connectivity index (χ3n) is 6.08. The Hall–Kier alpha value is -4.82. The van der Waals surface area contributed by atoms with E-state index in [0.717, 1.165) is 28.5 Å². The number of aliphatic hydroxyl groups excluding tert-OH is 1. The van der Waals surface area contributed by atoms with Crippen molar-refractivity contribution >= 4 is 6.29 Å². The molecule has 37 heavy (non-hydrogen) atoms. The topological polar surface area (TPSA) is 121 Å². The molecule has 0 saturated carbocycles. The Morgan fingerprint density at radius 1 is 0.892 bits per heavy atom. The van der Waals surface area contributed by atoms with Crippen LogP contribution in [0.2, 0.25) is 0 Å². The fourth-order valence-corrected chi connectivity index (χ4v) is 4.16. The molecule has 0 saturated heterocycles. The van der Waals surface area contributed by atoms with Crippen molar-refractivity contribution in [2.75, 3.05) is 0 Å². The minimum absolute atomic E-state index is 0.0392. The van der Waals surface area contributed by atoms with Gasteiger partial charge in [-0.3, -0.25) is 0 Å². The van der Waals surface area contributed by atoms with Crippen molar-refractivity contribution in [1.82, 2.24) is 20.6 Å². The summed E-state index contributed by atoms with van der Waals surface area (Å²) in [5.41, 5.74) is 4.99. The number of phenolic OH excluding ortho intramolecular Hbond substituents is 1. The summed E-state index contributed by atoms with van der Waals surface area (Å²) in [4.78, 5) is 11.0. The second-order valence-electron chi connectivity index (χ2n) is 8.48. The number of tetrazole rings is 1. The lowest BCUT2D eigenvalue weighted by Gasteiger charge is -2.16. The summed E-state index contributed by atoms with van der Waals surface area (Å²) < 4.78 is 6.10. The number of hydrogen-bond acceptors (Lipinski definition) is 7. The summed E-state index contributed by atoms with van der Waals surface area (Å²) in [6.45, 7) is 0.260. The number of carbonyl (C=O) groups excluding carboxylic acids is 1. The van der Waals surface area contributed by atoms with E-state index in [1.807, 2.05) is 78.9 Å². The minimum atomic E-state index is -0.825. The van der Waals surface area contributed by atoms with Crippen LogP contribution < -0.4 is 4.74 Å². The Bertz CT molecular complexity index is 1490. The second-order valence-corrected chi connectivity index (χ2v) is 8.48. The molecule has 0 bridgehead atoms. The molecule has 4 aromatic carbocycles. The van der Waals surface area contributed by atoms with Crippen molar-refractivity contribution in [3.05, 3.63) is 113 Å². The molecule has 0 aliphatic carbocycles. The van der Waals surface area contributed by atoms with Crippen LogP contribution >= 0.6 is 0 Å². The van der Waals surface area contributed by atoms with Gasteiger partial charge in [-0.15, -0.1) is 10.2 Å². The number of aldehydes is 1. The monoisotopic (exact) mass is 492 g/mol. The SMILES string of the molecule is O=CCc1ccc(OCc2ccc(C(O)c3cccc(-c4nn[nH]n4)c3)cc2)c(-c2ccccc2)c1O. The molecule has 0 radical (unpaired) electrons. The number of nitrogens with one attached hydrogen (secondary N) is 1. The zero-order valence-corrected chi connectivity index (χ0v) is 19.8. The second kappa shape index (κ2) is 10.8. The van der Waals surface area contributed by atoms with E-state index >= 15 is 0 Å². The van der Waals surface area contributed by atoms with Crippen molar-refractivity contribution in [3.63, 3.8) is 0 Å². The van der Waals surface area contributed by atoms with Gasteiger partial charge in [0.25, 0.3) is 0 Å². The number of hydrogen-bond donors (Lipinski definition) is 3. The van der Waals surface area contributed by atoms with Crippen LogP contribution in [0, 0.1) is 0 Å². The Morgan fingerprint density at radius 3 is 2.41 bits per heavy atom. The van der Waals surface area contributed by atoms with Crippen LogP contribution in [0.3, 0.4) is 0 Å². The number of nitrogens with zero attached hydrogens (tertiary/aromatic N) is 3. The van der Waals surface area contributed by atoms with Crippen LogP contribution in [0.4, 0.5) is 0 Å². The highest BCUT2D eigenvalue weighted by atomic mass is 16.5. The predicted octanol–water partition coefficient (Wildman–Crippen LogP) is 4.64. The first-order valence-corrected chi connectivity index (χ1v) is 11.7. The smallest absolute Gasteiger partial charge is 0.204 e. The van der Waals surface area contributed by atoms with Crippen molar-refractivity contribution < 1.29 is 19.7 Å². The van der Waals surface area contributed by atoms with E-state index in [2.05, 4.69) is 20.6 Å². The minimum Gasteiger partial charge on any atom is -0.507 e. The lowest BCUT2D eigenvalue weighted by atomic mass is 9.98. The average molecular weight is 493 g/mol. The molecule has 1 atom stereocenters. The molecule has 5 rings (SSSR count). The number of ether oxygens (including phenoxy) is 1. The van der Waals surface area contributed by atoms with E-state index < -0.39 is 6.10 Å². The van der Waals surface area contributed by atoms with Gasteiger partial charge in [0, 0.05) is 17.5 Å². The fraction of sp³-hybridized carbons (Fsp3) is 0.103. The third-order valence-corrected chi connectivity index (χ3v) is 6.08. The zero-order chi connectivity index (χ0) is 25.6. The molecular weight excluding hydrogens is 468 g/mol. The quantitative estimate of drug-likeness (QED) is 0.256. The number of phenols is 1. The van der Waals surface area contributed by atoms with Crippen LogP contribution in [0.1, 0.15) is 28.4 Å². The Balaban J connectivity index is 1.33. The highest BCUT2D eigenvalue weighted by molar-refractivity contribution is 5.79. The van der Waals surface area contributed by atoms with Crippen LogP contribution in [-0.2, 0) is 17.8 Å². The van der Waals surface area contributed by atoms with E-state index in [1.54, 1.807) is 12.1 Å². The standard InChI is InChI=1S/C29H24N4O4/c34-16-15-22-13-14-25(26(28(22)36)20-5-2-1-3-6-20)37-18-19-9-11-21(12-10-19)27(35)23-7-4-8-24(17-23)29-30-32-33-31-29/h1-14,16-17,27,35-36H,15,18H2,(H,30,31,32,33). The molecule has 0 aliphatic rings. The van der Waals surface area contributed by atoms with Gasteiger partial charge in [-0.2, -0.15) is 5.21 Å². The van der Waals surface area contributed by atoms with Gasteiger partial charge in [0.1, 0.15) is 30.5 Å². The van der Waals surface area contributed by atoms with Gasteiger partial charge < -0.3 is 19.7 Å². The molecule has 1 heterocycles. The van der Waals surface area contributed by atoms with Gasteiger partial charge in [-0.1, -0.05) is 78.9 Å². The molecule has 0 amide bonds. The number of aliphatic hydroxyl groups is 1. The number of carbonyl (C=O) groups is 1. The first-order valence-electron chi connectivity index (χ1n) is 11.7. The van der Waals surface area contributed by atoms with Crippen molar-refractivity contribution in [2.24, 2.45) is 0 Å². The zero-order valence-electron chi connectivity index (χ0n) is 19.8. The third kappa shape index (κ3) is 5.24. The Morgan fingerprint density at radius 2 is 1.68 bits per heavy atom. The van der Waals surface area contributed by atoms with Crippen molar-refractivity contribution in [2.45, 2.75) is 19.1 Å². The van der Waals surface area contributed by atoms with E-state index in [9.17, 15) is 15.0 Å².